The molecule has 0 aromatic heterocycles. The average molecular weight is 238 g/mol. The minimum Gasteiger partial charge on any atom is -0.106 e. The largest absolute Gasteiger partial charge is 0.154 e. The molecule has 17 heavy (non-hydrogen) atoms. The number of rotatable bonds is 4. The molecule has 0 aromatic rings. The maximum atomic E-state index is 2.68. The zero-order valence-corrected chi connectivity index (χ0v) is 11.8. The molecule has 2 rings (SSSR count). The first-order chi connectivity index (χ1) is 8.33. The van der Waals surface area contributed by atoms with Gasteiger partial charge < -0.3 is 0 Å². The van der Waals surface area contributed by atoms with Crippen LogP contribution >= 0.6 is 0 Å². The van der Waals surface area contributed by atoms with Gasteiger partial charge in [-0.2, -0.15) is 0 Å². The summed E-state index contributed by atoms with van der Waals surface area (Å²) in [7, 11) is 2.34. The van der Waals surface area contributed by atoms with E-state index in [4.69, 9.17) is 0 Å². The Morgan fingerprint density at radius 2 is 1.41 bits per heavy atom. The normalized spacial score (nSPS) is 24.7. The van der Waals surface area contributed by atoms with E-state index in [1.54, 1.807) is 0 Å². The number of hydrazine groups is 1. The molecule has 99 valence electrons. The van der Waals surface area contributed by atoms with E-state index < -0.39 is 0 Å². The summed E-state index contributed by atoms with van der Waals surface area (Å²) in [5, 5.41) is 5.28. The molecule has 0 spiro atoms. The Bertz CT molecular complexity index is 205. The van der Waals surface area contributed by atoms with Gasteiger partial charge in [-0.25, -0.2) is 0 Å². The fraction of sp³-hybridized carbons (Fsp3) is 1.00. The topological polar surface area (TPSA) is 9.14 Å². The van der Waals surface area contributed by atoms with E-state index in [-0.39, 0.29) is 0 Å². The van der Waals surface area contributed by atoms with Crippen LogP contribution in [0.25, 0.3) is 0 Å². The highest BCUT2D eigenvalue weighted by Gasteiger charge is 2.36. The van der Waals surface area contributed by atoms with Crippen LogP contribution in [0.5, 0.6) is 0 Å². The van der Waals surface area contributed by atoms with E-state index in [1.165, 1.54) is 70.8 Å². The monoisotopic (exact) mass is 238 g/mol. The maximum Gasteiger partial charge on any atom is 0.154 e. The lowest BCUT2D eigenvalue weighted by Crippen LogP contribution is -2.56. The average Bonchev–Trinajstić information content (AvgIpc) is 2.42. The third-order valence-corrected chi connectivity index (χ3v) is 4.83. The van der Waals surface area contributed by atoms with Gasteiger partial charge in [0.15, 0.2) is 6.04 Å². The molecule has 2 fully saturated rings. The summed E-state index contributed by atoms with van der Waals surface area (Å²) in [6.45, 7) is 3.52. The molecule has 2 nitrogen and oxygen atoms in total. The zero-order valence-electron chi connectivity index (χ0n) is 11.8. The van der Waals surface area contributed by atoms with E-state index in [1.807, 2.05) is 0 Å². The molecule has 0 amide bonds. The minimum absolute atomic E-state index is 0.825. The fourth-order valence-corrected chi connectivity index (χ4v) is 3.78. The Labute approximate surface area is 107 Å². The molecular weight excluding hydrogens is 208 g/mol. The van der Waals surface area contributed by atoms with Crippen molar-refractivity contribution in [2.24, 2.45) is 0 Å². The van der Waals surface area contributed by atoms with E-state index in [0.717, 1.165) is 12.1 Å². The van der Waals surface area contributed by atoms with Crippen LogP contribution in [0.2, 0.25) is 0 Å². The molecule has 0 aliphatic heterocycles. The van der Waals surface area contributed by atoms with Crippen LogP contribution in [0, 0.1) is 0 Å². The quantitative estimate of drug-likeness (QED) is 0.536. The molecule has 2 heteroatoms. The lowest BCUT2D eigenvalue weighted by atomic mass is 9.93. The molecule has 0 bridgehead atoms. The first-order valence-electron chi connectivity index (χ1n) is 7.82. The van der Waals surface area contributed by atoms with Crippen molar-refractivity contribution in [1.82, 2.24) is 10.0 Å². The summed E-state index contributed by atoms with van der Waals surface area (Å²) in [6, 6.07) is 1.66. The molecule has 0 N–H and O–H groups in total. The summed E-state index contributed by atoms with van der Waals surface area (Å²) in [5.41, 5.74) is 0. The molecule has 2 aliphatic carbocycles. The Morgan fingerprint density at radius 3 is 1.94 bits per heavy atom. The summed E-state index contributed by atoms with van der Waals surface area (Å²) >= 11 is 0. The second-order valence-electron chi connectivity index (χ2n) is 5.91. The number of hydrogen-bond acceptors (Lipinski definition) is 2. The Hall–Kier alpha value is -0.0800. The van der Waals surface area contributed by atoms with Gasteiger partial charge in [-0.1, -0.05) is 30.7 Å². The molecule has 1 radical (unpaired) electrons. The fourth-order valence-electron chi connectivity index (χ4n) is 3.78. The van der Waals surface area contributed by atoms with Crippen molar-refractivity contribution in [3.63, 3.8) is 0 Å². The van der Waals surface area contributed by atoms with Crippen molar-refractivity contribution >= 4 is 0 Å². The van der Waals surface area contributed by atoms with E-state index in [2.05, 4.69) is 24.0 Å². The van der Waals surface area contributed by atoms with Crippen LogP contribution in [0.1, 0.15) is 71.1 Å². The Morgan fingerprint density at radius 1 is 0.882 bits per heavy atom. The van der Waals surface area contributed by atoms with Crippen LogP contribution < -0.4 is 5.01 Å². The first kappa shape index (κ1) is 13.4. The van der Waals surface area contributed by atoms with Gasteiger partial charge in [0, 0.05) is 19.9 Å². The van der Waals surface area contributed by atoms with E-state index in [0.29, 0.717) is 0 Å². The van der Waals surface area contributed by atoms with Gasteiger partial charge in [-0.3, -0.25) is 0 Å². The predicted octanol–water partition coefficient (Wildman–Crippen LogP) is 3.66. The van der Waals surface area contributed by atoms with Gasteiger partial charge in [0.05, 0.1) is 6.04 Å². The number of nitrogens with zero attached hydrogens (tertiary/aromatic N) is 2. The molecule has 0 saturated heterocycles. The van der Waals surface area contributed by atoms with Gasteiger partial charge >= 0.3 is 0 Å². The van der Waals surface area contributed by atoms with Gasteiger partial charge in [0.2, 0.25) is 0 Å². The van der Waals surface area contributed by atoms with E-state index >= 15 is 0 Å². The highest BCUT2D eigenvalue weighted by atomic mass is 15.6. The molecule has 0 heterocycles. The summed E-state index contributed by atoms with van der Waals surface area (Å²) in [4.78, 5) is 0. The summed E-state index contributed by atoms with van der Waals surface area (Å²) in [6.07, 6.45) is 14.4. The van der Waals surface area contributed by atoms with Crippen LogP contribution in [0.4, 0.5) is 0 Å². The van der Waals surface area contributed by atoms with Crippen LogP contribution in [0.15, 0.2) is 0 Å². The zero-order chi connectivity index (χ0) is 12.1. The van der Waals surface area contributed by atoms with Crippen LogP contribution in [-0.2, 0) is 0 Å². The maximum absolute atomic E-state index is 2.68. The molecular formula is C15H30N2+. The lowest BCUT2D eigenvalue weighted by molar-refractivity contribution is -0.00266. The lowest BCUT2D eigenvalue weighted by Gasteiger charge is -2.35. The Kier molecular flexibility index (Phi) is 5.30. The molecule has 2 saturated carbocycles. The second-order valence-corrected chi connectivity index (χ2v) is 5.91. The van der Waals surface area contributed by atoms with Gasteiger partial charge in [0.25, 0.3) is 0 Å². The van der Waals surface area contributed by atoms with Crippen molar-refractivity contribution in [3.8, 4) is 0 Å². The summed E-state index contributed by atoms with van der Waals surface area (Å²) in [5.74, 6) is 0. The molecule has 0 atom stereocenters. The molecule has 0 unspecified atom stereocenters. The molecule has 2 aliphatic rings. The van der Waals surface area contributed by atoms with Crippen LogP contribution in [0.3, 0.4) is 0 Å². The predicted molar refractivity (Wildman–Crippen MR) is 74.2 cm³/mol. The Balaban J connectivity index is 1.90. The SMILES string of the molecule is CC[N+](C1CCCCC1)N(C)C1CCCCC1. The highest BCUT2D eigenvalue weighted by Crippen LogP contribution is 2.26. The van der Waals surface area contributed by atoms with Crippen molar-refractivity contribution in [2.75, 3.05) is 13.6 Å². The summed E-state index contributed by atoms with van der Waals surface area (Å²) < 4.78 is 0. The second kappa shape index (κ2) is 6.75. The van der Waals surface area contributed by atoms with Gasteiger partial charge in [-0.05, 0) is 32.6 Å². The van der Waals surface area contributed by atoms with Crippen molar-refractivity contribution in [2.45, 2.75) is 83.2 Å². The smallest absolute Gasteiger partial charge is 0.106 e. The van der Waals surface area contributed by atoms with Crippen molar-refractivity contribution in [1.29, 1.82) is 0 Å². The minimum atomic E-state index is 0.825. The molecule has 0 aromatic carbocycles. The van der Waals surface area contributed by atoms with Crippen molar-refractivity contribution in [3.05, 3.63) is 0 Å². The van der Waals surface area contributed by atoms with Gasteiger partial charge in [0.1, 0.15) is 6.54 Å². The first-order valence-corrected chi connectivity index (χ1v) is 7.82. The van der Waals surface area contributed by atoms with Crippen LogP contribution in [-0.4, -0.2) is 30.7 Å². The third kappa shape index (κ3) is 3.45. The van der Waals surface area contributed by atoms with E-state index in [9.17, 15) is 0 Å². The van der Waals surface area contributed by atoms with Gasteiger partial charge in [-0.15, -0.1) is 5.01 Å². The van der Waals surface area contributed by atoms with Crippen molar-refractivity contribution < 1.29 is 0 Å². The highest BCUT2D eigenvalue weighted by molar-refractivity contribution is 4.81. The standard InChI is InChI=1S/C15H30N2/c1-3-17(15-12-8-5-9-13-15)16(2)14-10-6-4-7-11-14/h14-15H,3-13H2,1-2H3/q+1. The third-order valence-electron chi connectivity index (χ3n) is 4.83. The number of hydrogen-bond donors (Lipinski definition) is 0.